The molecule has 3 aromatic rings. The van der Waals surface area contributed by atoms with Crippen LogP contribution in [0.15, 0.2) is 94.4 Å². The molecule has 0 unspecified atom stereocenters. The van der Waals surface area contributed by atoms with Crippen LogP contribution < -0.4 is 10.6 Å². The van der Waals surface area contributed by atoms with Gasteiger partial charge in [0.15, 0.2) is 0 Å². The first-order valence-electron chi connectivity index (χ1n) is 11.2. The molecule has 0 fully saturated rings. The summed E-state index contributed by atoms with van der Waals surface area (Å²) in [5.74, 6) is -1.55. The average Bonchev–Trinajstić information content (AvgIpc) is 3.10. The van der Waals surface area contributed by atoms with E-state index in [1.807, 2.05) is 6.07 Å². The van der Waals surface area contributed by atoms with Crippen molar-refractivity contribution in [3.05, 3.63) is 101 Å². The number of carbonyl (C=O) groups is 3. The quantitative estimate of drug-likeness (QED) is 0.301. The minimum atomic E-state index is -0.462. The summed E-state index contributed by atoms with van der Waals surface area (Å²) >= 11 is 1.12. The molecule has 0 saturated heterocycles. The predicted molar refractivity (Wildman–Crippen MR) is 137 cm³/mol. The monoisotopic (exact) mass is 505 g/mol. The Labute approximate surface area is 212 Å². The Morgan fingerprint density at radius 2 is 1.69 bits per heavy atom. The van der Waals surface area contributed by atoms with E-state index in [0.717, 1.165) is 11.8 Å². The van der Waals surface area contributed by atoms with Gasteiger partial charge in [0, 0.05) is 42.1 Å². The highest BCUT2D eigenvalue weighted by molar-refractivity contribution is 8.04. The van der Waals surface area contributed by atoms with Gasteiger partial charge in [-0.15, -0.1) is 0 Å². The van der Waals surface area contributed by atoms with Crippen LogP contribution in [0.1, 0.15) is 16.8 Å². The Hall–Kier alpha value is -3.95. The summed E-state index contributed by atoms with van der Waals surface area (Å²) < 4.78 is 18.4. The molecule has 7 nitrogen and oxygen atoms in total. The van der Waals surface area contributed by atoms with Crippen LogP contribution in [0.4, 0.5) is 15.8 Å². The number of nitrogens with one attached hydrogen (secondary N) is 2. The first-order valence-corrected chi connectivity index (χ1v) is 12.0. The topological polar surface area (TPSA) is 87.7 Å². The lowest BCUT2D eigenvalue weighted by Crippen LogP contribution is -2.33. The van der Waals surface area contributed by atoms with Crippen molar-refractivity contribution in [2.75, 3.05) is 30.9 Å². The molecule has 4 rings (SSSR count). The van der Waals surface area contributed by atoms with E-state index in [-0.39, 0.29) is 23.1 Å². The van der Waals surface area contributed by atoms with Crippen LogP contribution in [0, 0.1) is 5.82 Å². The smallest absolute Gasteiger partial charge is 0.278 e. The SMILES string of the molecule is COCCCN1C(=O)C(Nc2ccc(F)cc2)=C(Sc2cccc(NC(=O)c3ccccc3)c2)C1=O. The Kier molecular flexibility index (Phi) is 8.14. The summed E-state index contributed by atoms with van der Waals surface area (Å²) in [5, 5.41) is 5.83. The molecular formula is C27H24FN3O4S. The zero-order valence-corrected chi connectivity index (χ0v) is 20.3. The zero-order chi connectivity index (χ0) is 25.5. The molecule has 3 aromatic carbocycles. The number of halogens is 1. The highest BCUT2D eigenvalue weighted by Crippen LogP contribution is 2.36. The molecule has 1 heterocycles. The van der Waals surface area contributed by atoms with Crippen molar-refractivity contribution in [2.45, 2.75) is 11.3 Å². The van der Waals surface area contributed by atoms with E-state index in [9.17, 15) is 18.8 Å². The first kappa shape index (κ1) is 25.2. The maximum absolute atomic E-state index is 13.4. The Balaban J connectivity index is 1.58. The van der Waals surface area contributed by atoms with Crippen molar-refractivity contribution in [2.24, 2.45) is 0 Å². The van der Waals surface area contributed by atoms with Gasteiger partial charge in [0.05, 0.1) is 0 Å². The van der Waals surface area contributed by atoms with Crippen molar-refractivity contribution in [3.8, 4) is 0 Å². The molecule has 0 aliphatic carbocycles. The summed E-state index contributed by atoms with van der Waals surface area (Å²) in [4.78, 5) is 41.0. The molecule has 0 spiro atoms. The molecule has 0 atom stereocenters. The number of thioether (sulfide) groups is 1. The van der Waals surface area contributed by atoms with Gasteiger partial charge in [-0.25, -0.2) is 4.39 Å². The van der Waals surface area contributed by atoms with Crippen LogP contribution in [0.5, 0.6) is 0 Å². The van der Waals surface area contributed by atoms with Gasteiger partial charge in [0.2, 0.25) is 0 Å². The van der Waals surface area contributed by atoms with Gasteiger partial charge in [-0.1, -0.05) is 36.0 Å². The number of carbonyl (C=O) groups excluding carboxylic acids is 3. The lowest BCUT2D eigenvalue weighted by atomic mass is 10.2. The lowest BCUT2D eigenvalue weighted by Gasteiger charge is -2.14. The molecule has 3 amide bonds. The van der Waals surface area contributed by atoms with Gasteiger partial charge in [0.1, 0.15) is 16.4 Å². The second-order valence-corrected chi connectivity index (χ2v) is 8.98. The fraction of sp³-hybridized carbons (Fsp3) is 0.148. The number of amides is 3. The van der Waals surface area contributed by atoms with Gasteiger partial charge < -0.3 is 15.4 Å². The van der Waals surface area contributed by atoms with Gasteiger partial charge >= 0.3 is 0 Å². The Morgan fingerprint density at radius 1 is 0.944 bits per heavy atom. The number of methoxy groups -OCH3 is 1. The highest BCUT2D eigenvalue weighted by atomic mass is 32.2. The number of hydrogen-bond acceptors (Lipinski definition) is 6. The van der Waals surface area contributed by atoms with Crippen LogP contribution in [-0.2, 0) is 14.3 Å². The molecule has 184 valence electrons. The third-order valence-corrected chi connectivity index (χ3v) is 6.39. The summed E-state index contributed by atoms with van der Waals surface area (Å²) in [5.41, 5.74) is 1.67. The molecule has 2 N–H and O–H groups in total. The van der Waals surface area contributed by atoms with Crippen molar-refractivity contribution < 1.29 is 23.5 Å². The van der Waals surface area contributed by atoms with Crippen LogP contribution >= 0.6 is 11.8 Å². The minimum Gasteiger partial charge on any atom is -0.385 e. The number of imide groups is 1. The second-order valence-electron chi connectivity index (χ2n) is 7.89. The molecule has 1 aliphatic heterocycles. The lowest BCUT2D eigenvalue weighted by molar-refractivity contribution is -0.137. The van der Waals surface area contributed by atoms with E-state index >= 15 is 0 Å². The third kappa shape index (κ3) is 5.99. The molecule has 0 saturated carbocycles. The number of anilines is 2. The van der Waals surface area contributed by atoms with E-state index in [0.29, 0.717) is 34.9 Å². The maximum atomic E-state index is 13.4. The molecule has 0 bridgehead atoms. The summed E-state index contributed by atoms with van der Waals surface area (Å²) in [6, 6.07) is 21.4. The number of nitrogens with zero attached hydrogens (tertiary/aromatic N) is 1. The largest absolute Gasteiger partial charge is 0.385 e. The normalized spacial score (nSPS) is 13.3. The predicted octanol–water partition coefficient (Wildman–Crippen LogP) is 4.90. The molecule has 0 aromatic heterocycles. The van der Waals surface area contributed by atoms with Crippen LogP contribution in [-0.4, -0.2) is 42.9 Å². The Morgan fingerprint density at radius 3 is 2.42 bits per heavy atom. The van der Waals surface area contributed by atoms with Crippen LogP contribution in [0.25, 0.3) is 0 Å². The van der Waals surface area contributed by atoms with Crippen molar-refractivity contribution in [3.63, 3.8) is 0 Å². The Bertz CT molecular complexity index is 1300. The van der Waals surface area contributed by atoms with Crippen molar-refractivity contribution in [1.82, 2.24) is 4.90 Å². The maximum Gasteiger partial charge on any atom is 0.278 e. The van der Waals surface area contributed by atoms with Gasteiger partial charge in [-0.3, -0.25) is 19.3 Å². The average molecular weight is 506 g/mol. The van der Waals surface area contributed by atoms with Crippen molar-refractivity contribution >= 4 is 40.9 Å². The molecule has 0 radical (unpaired) electrons. The van der Waals surface area contributed by atoms with Gasteiger partial charge in [0.25, 0.3) is 17.7 Å². The zero-order valence-electron chi connectivity index (χ0n) is 19.5. The minimum absolute atomic E-state index is 0.118. The second kappa shape index (κ2) is 11.7. The van der Waals surface area contributed by atoms with Gasteiger partial charge in [-0.05, 0) is 61.0 Å². The van der Waals surface area contributed by atoms with E-state index in [4.69, 9.17) is 4.74 Å². The fourth-order valence-electron chi connectivity index (χ4n) is 3.55. The molecule has 1 aliphatic rings. The van der Waals surface area contributed by atoms with E-state index in [1.165, 1.54) is 29.2 Å². The number of ether oxygens (including phenoxy) is 1. The van der Waals surface area contributed by atoms with Crippen LogP contribution in [0.2, 0.25) is 0 Å². The summed E-state index contributed by atoms with van der Waals surface area (Å²) in [6.45, 7) is 0.612. The van der Waals surface area contributed by atoms with Gasteiger partial charge in [-0.2, -0.15) is 0 Å². The molecule has 9 heteroatoms. The molecular weight excluding hydrogens is 481 g/mol. The van der Waals surface area contributed by atoms with Crippen molar-refractivity contribution in [1.29, 1.82) is 0 Å². The summed E-state index contributed by atoms with van der Waals surface area (Å²) in [7, 11) is 1.55. The first-order chi connectivity index (χ1) is 17.5. The van der Waals surface area contributed by atoms with E-state index in [1.54, 1.807) is 55.6 Å². The van der Waals surface area contributed by atoms with E-state index < -0.39 is 17.6 Å². The van der Waals surface area contributed by atoms with E-state index in [2.05, 4.69) is 10.6 Å². The number of hydrogen-bond donors (Lipinski definition) is 2. The fourth-order valence-corrected chi connectivity index (χ4v) is 4.56. The highest BCUT2D eigenvalue weighted by Gasteiger charge is 2.38. The number of benzene rings is 3. The van der Waals surface area contributed by atoms with Crippen LogP contribution in [0.3, 0.4) is 0 Å². The summed E-state index contributed by atoms with van der Waals surface area (Å²) in [6.07, 6.45) is 0.497. The number of rotatable bonds is 10. The molecule has 36 heavy (non-hydrogen) atoms. The standard InChI is InChI=1S/C27H24FN3O4S/c1-35-16-6-15-31-26(33)23(29-20-13-11-19(28)12-14-20)24(27(31)34)36-22-10-5-9-21(17-22)30-25(32)18-7-3-2-4-8-18/h2-5,7-14,17,29H,6,15-16H2,1H3,(H,30,32). The third-order valence-electron chi connectivity index (χ3n) is 5.32.